The van der Waals surface area contributed by atoms with Gasteiger partial charge in [-0.25, -0.2) is 0 Å². The lowest BCUT2D eigenvalue weighted by Crippen LogP contribution is -2.24. The first kappa shape index (κ1) is 20.6. The van der Waals surface area contributed by atoms with Crippen LogP contribution >= 0.6 is 6.26 Å². The molecule has 1 unspecified atom stereocenters. The molecular formula is C25H24NO2PS. The number of nitrogens with zero attached hydrogens (tertiary/aromatic N) is 1. The minimum absolute atomic E-state index is 0.186. The van der Waals surface area contributed by atoms with E-state index in [1.165, 1.54) is 11.3 Å². The van der Waals surface area contributed by atoms with E-state index in [2.05, 4.69) is 55.9 Å². The van der Waals surface area contributed by atoms with Crippen molar-refractivity contribution in [3.8, 4) is 5.75 Å². The lowest BCUT2D eigenvalue weighted by molar-refractivity contribution is 0.112. The summed E-state index contributed by atoms with van der Waals surface area (Å²) in [4.78, 5) is 13.2. The van der Waals surface area contributed by atoms with Gasteiger partial charge in [-0.15, -0.1) is 0 Å². The fourth-order valence-electron chi connectivity index (χ4n) is 3.94. The zero-order chi connectivity index (χ0) is 21.4. The van der Waals surface area contributed by atoms with E-state index in [0.717, 1.165) is 17.3 Å². The molecule has 0 saturated carbocycles. The summed E-state index contributed by atoms with van der Waals surface area (Å²) < 4.78 is 6.50. The third kappa shape index (κ3) is 3.62. The summed E-state index contributed by atoms with van der Waals surface area (Å²) in [6.07, 6.45) is -1.75. The highest BCUT2D eigenvalue weighted by molar-refractivity contribution is 8.17. The van der Waals surface area contributed by atoms with Gasteiger partial charge in [-0.1, -0.05) is 62.4 Å². The number of aldehydes is 1. The molecule has 0 spiro atoms. The number of carbonyl (C=O) groups excluding carboxylic acids is 1. The standard InChI is InChI=1S/C25H24NO2PS/c1-25(2)22-11-7-8-12-23(22)26(3)24(25)18-29(30,21-9-5-4-6-10-21)28-20-15-13-19(17-27)14-16-20/h4-18H,1-3H3/b24-18+. The smallest absolute Gasteiger partial charge is 0.166 e. The third-order valence-corrected chi connectivity index (χ3v) is 8.86. The van der Waals surface area contributed by atoms with Crippen LogP contribution in [0.1, 0.15) is 29.8 Å². The second-order valence-electron chi connectivity index (χ2n) is 7.93. The first-order chi connectivity index (χ1) is 14.3. The van der Waals surface area contributed by atoms with Crippen molar-refractivity contribution in [2.45, 2.75) is 19.3 Å². The van der Waals surface area contributed by atoms with Crippen molar-refractivity contribution < 1.29 is 9.32 Å². The first-order valence-electron chi connectivity index (χ1n) is 9.82. The quantitative estimate of drug-likeness (QED) is 0.372. The predicted octanol–water partition coefficient (Wildman–Crippen LogP) is 5.87. The second kappa shape index (κ2) is 7.86. The van der Waals surface area contributed by atoms with Crippen LogP contribution in [-0.4, -0.2) is 13.3 Å². The molecule has 30 heavy (non-hydrogen) atoms. The van der Waals surface area contributed by atoms with Gasteiger partial charge in [0.2, 0.25) is 0 Å². The van der Waals surface area contributed by atoms with Gasteiger partial charge in [-0.05, 0) is 47.7 Å². The van der Waals surface area contributed by atoms with Crippen LogP contribution in [0.25, 0.3) is 0 Å². The van der Waals surface area contributed by atoms with Crippen molar-refractivity contribution in [3.63, 3.8) is 0 Å². The summed E-state index contributed by atoms with van der Waals surface area (Å²) >= 11 is 6.23. The van der Waals surface area contributed by atoms with Crippen LogP contribution in [-0.2, 0) is 17.2 Å². The predicted molar refractivity (Wildman–Crippen MR) is 129 cm³/mol. The average molecular weight is 434 g/mol. The molecule has 1 atom stereocenters. The van der Waals surface area contributed by atoms with Crippen LogP contribution in [0.15, 0.2) is 90.4 Å². The zero-order valence-corrected chi connectivity index (χ0v) is 19.0. The minimum Gasteiger partial charge on any atom is -0.458 e. The van der Waals surface area contributed by atoms with Crippen LogP contribution < -0.4 is 14.7 Å². The van der Waals surface area contributed by atoms with E-state index in [4.69, 9.17) is 16.3 Å². The van der Waals surface area contributed by atoms with E-state index in [9.17, 15) is 4.79 Å². The highest BCUT2D eigenvalue weighted by Crippen LogP contribution is 2.55. The number of carbonyl (C=O) groups is 1. The fraction of sp³-hybridized carbons (Fsp3) is 0.160. The molecule has 1 aliphatic rings. The van der Waals surface area contributed by atoms with Crippen molar-refractivity contribution in [1.29, 1.82) is 0 Å². The van der Waals surface area contributed by atoms with Gasteiger partial charge in [0.25, 0.3) is 0 Å². The normalized spacial score (nSPS) is 18.0. The molecule has 0 amide bonds. The van der Waals surface area contributed by atoms with E-state index in [0.29, 0.717) is 11.3 Å². The summed E-state index contributed by atoms with van der Waals surface area (Å²) in [5.41, 5.74) is 4.04. The topological polar surface area (TPSA) is 29.5 Å². The van der Waals surface area contributed by atoms with Crippen LogP contribution in [0, 0.1) is 0 Å². The molecule has 3 nitrogen and oxygen atoms in total. The maximum absolute atomic E-state index is 11.0. The third-order valence-electron chi connectivity index (χ3n) is 5.61. The minimum atomic E-state index is -2.57. The Morgan fingerprint density at radius 1 is 0.933 bits per heavy atom. The van der Waals surface area contributed by atoms with Crippen LogP contribution in [0.3, 0.4) is 0 Å². The monoisotopic (exact) mass is 433 g/mol. The lowest BCUT2D eigenvalue weighted by Gasteiger charge is -2.28. The molecule has 1 heterocycles. The van der Waals surface area contributed by atoms with Crippen molar-refractivity contribution in [1.82, 2.24) is 0 Å². The number of likely N-dealkylation sites (N-methyl/N-ethyl adjacent to an activating group) is 1. The maximum atomic E-state index is 11.0. The van der Waals surface area contributed by atoms with Crippen LogP contribution in [0.4, 0.5) is 5.69 Å². The Bertz CT molecular complexity index is 1150. The Kier molecular flexibility index (Phi) is 5.40. The lowest BCUT2D eigenvalue weighted by atomic mass is 9.84. The number of rotatable bonds is 5. The molecule has 0 aliphatic carbocycles. The molecule has 0 saturated heterocycles. The van der Waals surface area contributed by atoms with Gasteiger partial charge in [0.15, 0.2) is 6.26 Å². The fourth-order valence-corrected chi connectivity index (χ4v) is 7.01. The van der Waals surface area contributed by atoms with E-state index >= 15 is 0 Å². The summed E-state index contributed by atoms with van der Waals surface area (Å²) in [6.45, 7) is 4.45. The molecule has 0 radical (unpaired) electrons. The average Bonchev–Trinajstić information content (AvgIpc) is 2.96. The summed E-state index contributed by atoms with van der Waals surface area (Å²) in [7, 11) is 2.09. The van der Waals surface area contributed by atoms with Crippen molar-refractivity contribution in [3.05, 3.63) is 102 Å². The molecule has 3 aromatic carbocycles. The first-order valence-corrected chi connectivity index (χ1v) is 12.6. The Morgan fingerprint density at radius 2 is 1.57 bits per heavy atom. The highest BCUT2D eigenvalue weighted by atomic mass is 32.4. The van der Waals surface area contributed by atoms with Gasteiger partial charge in [0.1, 0.15) is 12.0 Å². The highest BCUT2D eigenvalue weighted by Gasteiger charge is 2.40. The molecule has 5 heteroatoms. The molecule has 0 bridgehead atoms. The van der Waals surface area contributed by atoms with Crippen LogP contribution in [0.2, 0.25) is 0 Å². The number of hydrogen-bond acceptors (Lipinski definition) is 4. The van der Waals surface area contributed by atoms with E-state index in [-0.39, 0.29) is 5.41 Å². The van der Waals surface area contributed by atoms with Gasteiger partial charge < -0.3 is 9.42 Å². The molecule has 3 aromatic rings. The number of para-hydroxylation sites is 1. The molecular weight excluding hydrogens is 409 g/mol. The SMILES string of the molecule is CN1/C(=C/P(=S)(Oc2ccc(C=O)cc2)c2ccccc2)C(C)(C)c2ccccc21. The summed E-state index contributed by atoms with van der Waals surface area (Å²) in [5, 5.41) is 0.993. The molecule has 152 valence electrons. The molecule has 1 aliphatic heterocycles. The van der Waals surface area contributed by atoms with E-state index in [1.54, 1.807) is 12.1 Å². The van der Waals surface area contributed by atoms with Crippen molar-refractivity contribution >= 4 is 35.3 Å². The molecule has 4 rings (SSSR count). The largest absolute Gasteiger partial charge is 0.458 e. The Morgan fingerprint density at radius 3 is 2.20 bits per heavy atom. The van der Waals surface area contributed by atoms with Crippen molar-refractivity contribution in [2.24, 2.45) is 0 Å². The van der Waals surface area contributed by atoms with Gasteiger partial charge in [0.05, 0.1) is 0 Å². The number of anilines is 1. The molecule has 0 N–H and O–H groups in total. The number of fused-ring (bicyclic) bond motifs is 1. The van der Waals surface area contributed by atoms with Crippen LogP contribution in [0.5, 0.6) is 5.75 Å². The number of hydrogen-bond donors (Lipinski definition) is 0. The van der Waals surface area contributed by atoms with E-state index < -0.39 is 6.26 Å². The zero-order valence-electron chi connectivity index (χ0n) is 17.3. The Labute approximate surface area is 183 Å². The van der Waals surface area contributed by atoms with Gasteiger partial charge >= 0.3 is 0 Å². The van der Waals surface area contributed by atoms with E-state index in [1.807, 2.05) is 42.5 Å². The Balaban J connectivity index is 1.83. The summed E-state index contributed by atoms with van der Waals surface area (Å²) in [6, 6.07) is 25.6. The molecule has 0 fully saturated rings. The molecule has 0 aromatic heterocycles. The maximum Gasteiger partial charge on any atom is 0.166 e. The number of allylic oxidation sites excluding steroid dienone is 1. The van der Waals surface area contributed by atoms with Crippen molar-refractivity contribution in [2.75, 3.05) is 11.9 Å². The Hall–Kier alpha value is -2.68. The summed E-state index contributed by atoms with van der Waals surface area (Å²) in [5.74, 6) is 2.83. The number of benzene rings is 3. The second-order valence-corrected chi connectivity index (χ2v) is 11.7. The van der Waals surface area contributed by atoms with Gasteiger partial charge in [-0.2, -0.15) is 0 Å². The van der Waals surface area contributed by atoms with Gasteiger partial charge in [-0.3, -0.25) is 4.79 Å². The van der Waals surface area contributed by atoms with Gasteiger partial charge in [0, 0.05) is 40.5 Å².